The molecule has 3 aromatic heterocycles. The number of carbonyl (C=O) groups is 2. The van der Waals surface area contributed by atoms with Gasteiger partial charge in [0.1, 0.15) is 23.6 Å². The molecule has 1 fully saturated rings. The Balaban J connectivity index is 1.15. The first-order valence-corrected chi connectivity index (χ1v) is 16.7. The fourth-order valence-corrected chi connectivity index (χ4v) is 6.17. The van der Waals surface area contributed by atoms with Crippen LogP contribution in [0.4, 0.5) is 5.69 Å². The number of amides is 1. The van der Waals surface area contributed by atoms with Gasteiger partial charge in [0, 0.05) is 64.6 Å². The van der Waals surface area contributed by atoms with Crippen molar-refractivity contribution >= 4 is 57.7 Å². The molecule has 0 unspecified atom stereocenters. The topological polar surface area (TPSA) is 108 Å². The predicted molar refractivity (Wildman–Crippen MR) is 191 cm³/mol. The maximum absolute atomic E-state index is 12.7. The first-order chi connectivity index (χ1) is 23.8. The fraction of sp³-hybridized carbons (Fsp3) is 0.243. The standard InChI is InChI=1S/C37H35Cl2N5O5/c1-3-48-37(46)30-12-9-25(21-40-30)10-14-34(45)41-22-26-6-5-15-44(26)31-13-11-29(38)28(35(31)39)23-49-33-8-4-7-27-32(20-24(2)42-36(27)33)43-16-18-47-19-17-43/h4-15,20-21H,3,16-19,22-23H2,1-2H3,(H,41,45). The second-order valence-corrected chi connectivity index (χ2v) is 12.1. The third-order valence-electron chi connectivity index (χ3n) is 8.03. The van der Waals surface area contributed by atoms with Crippen LogP contribution in [0.25, 0.3) is 22.7 Å². The Labute approximate surface area is 294 Å². The van der Waals surface area contributed by atoms with Crippen LogP contribution in [-0.4, -0.2) is 59.3 Å². The van der Waals surface area contributed by atoms with Crippen LogP contribution in [0, 0.1) is 6.92 Å². The van der Waals surface area contributed by atoms with Crippen molar-refractivity contribution in [3.8, 4) is 11.4 Å². The van der Waals surface area contributed by atoms with E-state index < -0.39 is 5.97 Å². The molecule has 1 amide bonds. The largest absolute Gasteiger partial charge is 0.487 e. The number of pyridine rings is 2. The summed E-state index contributed by atoms with van der Waals surface area (Å²) in [6.45, 7) is 7.36. The van der Waals surface area contributed by atoms with Gasteiger partial charge in [0.15, 0.2) is 0 Å². The Kier molecular flexibility index (Phi) is 10.8. The lowest BCUT2D eigenvalue weighted by molar-refractivity contribution is -0.116. The number of halogens is 2. The number of anilines is 1. The number of nitrogens with one attached hydrogen (secondary N) is 1. The van der Waals surface area contributed by atoms with Crippen molar-refractivity contribution in [3.05, 3.63) is 117 Å². The van der Waals surface area contributed by atoms with Crippen LogP contribution in [-0.2, 0) is 27.4 Å². The quantitative estimate of drug-likeness (QED) is 0.117. The molecule has 4 heterocycles. The molecule has 2 aromatic carbocycles. The highest BCUT2D eigenvalue weighted by atomic mass is 35.5. The van der Waals surface area contributed by atoms with Crippen LogP contribution in [0.5, 0.6) is 5.75 Å². The minimum absolute atomic E-state index is 0.126. The molecule has 1 N–H and O–H groups in total. The summed E-state index contributed by atoms with van der Waals surface area (Å²) >= 11 is 13.7. The Morgan fingerprint density at radius 2 is 1.88 bits per heavy atom. The van der Waals surface area contributed by atoms with Crippen molar-refractivity contribution in [1.82, 2.24) is 19.9 Å². The van der Waals surface area contributed by atoms with Crippen molar-refractivity contribution in [3.63, 3.8) is 0 Å². The van der Waals surface area contributed by atoms with Gasteiger partial charge in [0.05, 0.1) is 37.1 Å². The van der Waals surface area contributed by atoms with Crippen molar-refractivity contribution in [1.29, 1.82) is 0 Å². The van der Waals surface area contributed by atoms with E-state index in [0.29, 0.717) is 45.8 Å². The number of esters is 1. The number of ether oxygens (including phenoxy) is 3. The summed E-state index contributed by atoms with van der Waals surface area (Å²) in [7, 11) is 0. The number of aromatic nitrogens is 3. The lowest BCUT2D eigenvalue weighted by Crippen LogP contribution is -2.36. The van der Waals surface area contributed by atoms with Crippen LogP contribution >= 0.6 is 23.2 Å². The van der Waals surface area contributed by atoms with E-state index in [1.165, 1.54) is 12.3 Å². The molecular formula is C37H35Cl2N5O5. The van der Waals surface area contributed by atoms with Gasteiger partial charge < -0.3 is 29.0 Å². The highest BCUT2D eigenvalue weighted by Gasteiger charge is 2.19. The van der Waals surface area contributed by atoms with Gasteiger partial charge in [-0.1, -0.05) is 41.4 Å². The number of hydrogen-bond acceptors (Lipinski definition) is 8. The number of para-hydroxylation sites is 1. The van der Waals surface area contributed by atoms with Crippen molar-refractivity contribution in [2.24, 2.45) is 0 Å². The number of benzene rings is 2. The van der Waals surface area contributed by atoms with E-state index in [-0.39, 0.29) is 31.4 Å². The molecule has 10 nitrogen and oxygen atoms in total. The highest BCUT2D eigenvalue weighted by Crippen LogP contribution is 2.36. The Morgan fingerprint density at radius 1 is 1.04 bits per heavy atom. The van der Waals surface area contributed by atoms with Crippen molar-refractivity contribution in [2.45, 2.75) is 27.0 Å². The smallest absolute Gasteiger partial charge is 0.356 e. The lowest BCUT2D eigenvalue weighted by Gasteiger charge is -2.30. The first kappa shape index (κ1) is 34.0. The number of hydrogen-bond donors (Lipinski definition) is 1. The summed E-state index contributed by atoms with van der Waals surface area (Å²) < 4.78 is 18.8. The van der Waals surface area contributed by atoms with E-state index in [1.54, 1.807) is 31.2 Å². The molecule has 0 saturated carbocycles. The van der Waals surface area contributed by atoms with Crippen LogP contribution in [0.15, 0.2) is 79.1 Å². The van der Waals surface area contributed by atoms with Crippen LogP contribution in [0.2, 0.25) is 10.0 Å². The van der Waals surface area contributed by atoms with Gasteiger partial charge in [-0.05, 0) is 68.0 Å². The van der Waals surface area contributed by atoms with Crippen molar-refractivity contribution in [2.75, 3.05) is 37.8 Å². The van der Waals surface area contributed by atoms with Crippen LogP contribution < -0.4 is 15.0 Å². The maximum Gasteiger partial charge on any atom is 0.356 e. The third-order valence-corrected chi connectivity index (χ3v) is 8.81. The number of morpholine rings is 1. The van der Waals surface area contributed by atoms with E-state index >= 15 is 0 Å². The molecule has 12 heteroatoms. The van der Waals surface area contributed by atoms with Crippen molar-refractivity contribution < 1.29 is 23.8 Å². The predicted octanol–water partition coefficient (Wildman–Crippen LogP) is 6.96. The molecule has 1 saturated heterocycles. The first-order valence-electron chi connectivity index (χ1n) is 15.9. The van der Waals surface area contributed by atoms with Gasteiger partial charge in [0.25, 0.3) is 0 Å². The number of aryl methyl sites for hydroxylation is 1. The second-order valence-electron chi connectivity index (χ2n) is 11.3. The van der Waals surface area contributed by atoms with Gasteiger partial charge in [-0.25, -0.2) is 14.8 Å². The number of rotatable bonds is 11. The molecule has 1 aliphatic heterocycles. The van der Waals surface area contributed by atoms with E-state index in [0.717, 1.165) is 41.1 Å². The number of nitrogens with zero attached hydrogens (tertiary/aromatic N) is 4. The summed E-state index contributed by atoms with van der Waals surface area (Å²) in [6.07, 6.45) is 6.41. The molecule has 0 bridgehead atoms. The fourth-order valence-electron chi connectivity index (χ4n) is 5.60. The number of carbonyl (C=O) groups excluding carboxylic acids is 2. The Morgan fingerprint density at radius 3 is 2.65 bits per heavy atom. The minimum Gasteiger partial charge on any atom is -0.487 e. The Hall–Kier alpha value is -4.90. The molecule has 1 aliphatic rings. The van der Waals surface area contributed by atoms with Gasteiger partial charge in [0.2, 0.25) is 5.91 Å². The zero-order valence-electron chi connectivity index (χ0n) is 27.1. The summed E-state index contributed by atoms with van der Waals surface area (Å²) in [5.41, 5.74) is 5.79. The maximum atomic E-state index is 12.7. The SMILES string of the molecule is CCOC(=O)c1ccc(C=CC(=O)NCc2cccn2-c2ccc(Cl)c(COc3cccc4c(N5CCOCC5)cc(C)nc34)c2Cl)cn1. The van der Waals surface area contributed by atoms with E-state index in [1.807, 2.05) is 48.0 Å². The molecule has 0 atom stereocenters. The van der Waals surface area contributed by atoms with Gasteiger partial charge in [-0.3, -0.25) is 4.79 Å². The zero-order valence-corrected chi connectivity index (χ0v) is 28.6. The average molecular weight is 701 g/mol. The van der Waals surface area contributed by atoms with E-state index in [9.17, 15) is 9.59 Å². The number of fused-ring (bicyclic) bond motifs is 1. The lowest BCUT2D eigenvalue weighted by atomic mass is 10.1. The molecule has 252 valence electrons. The average Bonchev–Trinajstić information content (AvgIpc) is 3.58. The summed E-state index contributed by atoms with van der Waals surface area (Å²) in [5, 5.41) is 4.82. The molecular weight excluding hydrogens is 665 g/mol. The van der Waals surface area contributed by atoms with Crippen LogP contribution in [0.1, 0.15) is 39.9 Å². The molecule has 6 rings (SSSR count). The van der Waals surface area contributed by atoms with E-state index in [4.69, 9.17) is 42.4 Å². The van der Waals surface area contributed by atoms with Gasteiger partial charge in [-0.15, -0.1) is 0 Å². The molecule has 49 heavy (non-hydrogen) atoms. The summed E-state index contributed by atoms with van der Waals surface area (Å²) in [6, 6.07) is 18.7. The molecule has 0 spiro atoms. The second kappa shape index (κ2) is 15.5. The normalized spacial score (nSPS) is 13.2. The highest BCUT2D eigenvalue weighted by molar-refractivity contribution is 6.37. The summed E-state index contributed by atoms with van der Waals surface area (Å²) in [5.74, 6) is -0.153. The van der Waals surface area contributed by atoms with Gasteiger partial charge >= 0.3 is 5.97 Å². The Bertz CT molecular complexity index is 2010. The zero-order chi connectivity index (χ0) is 34.3. The molecule has 5 aromatic rings. The van der Waals surface area contributed by atoms with E-state index in [2.05, 4.69) is 27.3 Å². The monoisotopic (exact) mass is 699 g/mol. The third kappa shape index (κ3) is 7.88. The minimum atomic E-state index is -0.491. The molecule has 0 aliphatic carbocycles. The van der Waals surface area contributed by atoms with Crippen LogP contribution in [0.3, 0.4) is 0 Å². The molecule has 0 radical (unpaired) electrons. The summed E-state index contributed by atoms with van der Waals surface area (Å²) in [4.78, 5) is 35.7. The van der Waals surface area contributed by atoms with Gasteiger partial charge in [-0.2, -0.15) is 0 Å².